The van der Waals surface area contributed by atoms with Crippen LogP contribution in [0.5, 0.6) is 0 Å². The number of rotatable bonds is 4. The number of likely N-dealkylation sites (tertiary alicyclic amines) is 1. The van der Waals surface area contributed by atoms with Gasteiger partial charge in [0.2, 0.25) is 5.91 Å². The van der Waals surface area contributed by atoms with Gasteiger partial charge in [-0.15, -0.1) is 0 Å². The Bertz CT molecular complexity index is 724. The largest absolute Gasteiger partial charge is 0.324 e. The summed E-state index contributed by atoms with van der Waals surface area (Å²) in [5.74, 6) is 0.0642. The molecule has 0 radical (unpaired) electrons. The van der Waals surface area contributed by atoms with E-state index in [9.17, 15) is 4.79 Å². The fourth-order valence-corrected chi connectivity index (χ4v) is 3.90. The quantitative estimate of drug-likeness (QED) is 0.814. The van der Waals surface area contributed by atoms with Gasteiger partial charge in [0.15, 0.2) is 0 Å². The Balaban J connectivity index is 1.69. The summed E-state index contributed by atoms with van der Waals surface area (Å²) in [4.78, 5) is 14.8. The number of nitrogens with one attached hydrogen (secondary N) is 1. The molecule has 0 saturated carbocycles. The number of para-hydroxylation sites is 1. The number of nitrogens with zero attached hydrogens (tertiary/aromatic N) is 1. The molecule has 1 heterocycles. The maximum Gasteiger partial charge on any atom is 0.238 e. The molecule has 1 unspecified atom stereocenters. The lowest BCUT2D eigenvalue weighted by Gasteiger charge is -2.24. The molecule has 0 aromatic heterocycles. The summed E-state index contributed by atoms with van der Waals surface area (Å²) < 4.78 is 1.09. The highest BCUT2D eigenvalue weighted by Crippen LogP contribution is 2.32. The van der Waals surface area contributed by atoms with E-state index in [4.69, 9.17) is 0 Å². The van der Waals surface area contributed by atoms with Gasteiger partial charge in [0.1, 0.15) is 0 Å². The Morgan fingerprint density at radius 2 is 1.92 bits per heavy atom. The summed E-state index contributed by atoms with van der Waals surface area (Å²) in [6, 6.07) is 14.8. The minimum absolute atomic E-state index is 0.0642. The predicted octanol–water partition coefficient (Wildman–Crippen LogP) is 4.84. The predicted molar refractivity (Wildman–Crippen MR) is 102 cm³/mol. The molecule has 1 saturated heterocycles. The van der Waals surface area contributed by atoms with Crippen LogP contribution in [0.4, 0.5) is 5.69 Å². The number of carbonyl (C=O) groups excluding carboxylic acids is 1. The molecule has 4 heteroatoms. The van der Waals surface area contributed by atoms with Crippen LogP contribution in [0.15, 0.2) is 46.9 Å². The van der Waals surface area contributed by atoms with E-state index in [2.05, 4.69) is 44.3 Å². The number of aryl methyl sites for hydroxylation is 2. The van der Waals surface area contributed by atoms with Gasteiger partial charge < -0.3 is 5.32 Å². The molecule has 1 amide bonds. The first-order valence-electron chi connectivity index (χ1n) is 8.40. The van der Waals surface area contributed by atoms with Crippen LogP contribution in [0.3, 0.4) is 0 Å². The molecule has 1 N–H and O–H groups in total. The van der Waals surface area contributed by atoms with Crippen molar-refractivity contribution in [3.63, 3.8) is 0 Å². The molecule has 126 valence electrons. The van der Waals surface area contributed by atoms with Crippen LogP contribution >= 0.6 is 15.9 Å². The van der Waals surface area contributed by atoms with Gasteiger partial charge in [0.25, 0.3) is 0 Å². The van der Waals surface area contributed by atoms with Crippen LogP contribution in [0.2, 0.25) is 0 Å². The van der Waals surface area contributed by atoms with Gasteiger partial charge in [0.05, 0.1) is 6.54 Å². The van der Waals surface area contributed by atoms with Gasteiger partial charge >= 0.3 is 0 Å². The van der Waals surface area contributed by atoms with Crippen LogP contribution in [-0.2, 0) is 4.79 Å². The van der Waals surface area contributed by atoms with Crippen molar-refractivity contribution >= 4 is 27.5 Å². The van der Waals surface area contributed by atoms with E-state index in [0.717, 1.165) is 40.7 Å². The molecule has 2 aromatic rings. The molecule has 3 nitrogen and oxygen atoms in total. The average Bonchev–Trinajstić information content (AvgIpc) is 2.99. The van der Waals surface area contributed by atoms with Crippen molar-refractivity contribution < 1.29 is 4.79 Å². The Labute approximate surface area is 152 Å². The highest BCUT2D eigenvalue weighted by Gasteiger charge is 2.27. The summed E-state index contributed by atoms with van der Waals surface area (Å²) in [5, 5.41) is 3.10. The number of hydrogen-bond donors (Lipinski definition) is 1. The lowest BCUT2D eigenvalue weighted by atomic mass is 10.0. The Morgan fingerprint density at radius 3 is 2.62 bits per heavy atom. The van der Waals surface area contributed by atoms with Gasteiger partial charge in [-0.2, -0.15) is 0 Å². The van der Waals surface area contributed by atoms with Crippen LogP contribution in [0, 0.1) is 13.8 Å². The Morgan fingerprint density at radius 1 is 1.21 bits per heavy atom. The summed E-state index contributed by atoms with van der Waals surface area (Å²) in [6.45, 7) is 5.47. The lowest BCUT2D eigenvalue weighted by molar-refractivity contribution is -0.117. The van der Waals surface area contributed by atoms with Crippen LogP contribution in [0.25, 0.3) is 0 Å². The van der Waals surface area contributed by atoms with Crippen LogP contribution < -0.4 is 5.32 Å². The molecule has 1 aliphatic heterocycles. The van der Waals surface area contributed by atoms with Crippen molar-refractivity contribution in [2.24, 2.45) is 0 Å². The third-order valence-corrected chi connectivity index (χ3v) is 5.18. The fourth-order valence-electron chi connectivity index (χ4n) is 3.48. The van der Waals surface area contributed by atoms with Gasteiger partial charge in [-0.1, -0.05) is 46.3 Å². The van der Waals surface area contributed by atoms with Crippen molar-refractivity contribution in [3.8, 4) is 0 Å². The van der Waals surface area contributed by atoms with E-state index in [1.807, 2.05) is 38.1 Å². The number of halogens is 1. The van der Waals surface area contributed by atoms with E-state index >= 15 is 0 Å². The minimum atomic E-state index is 0.0642. The summed E-state index contributed by atoms with van der Waals surface area (Å²) in [7, 11) is 0. The van der Waals surface area contributed by atoms with E-state index in [1.54, 1.807) is 0 Å². The second kappa shape index (κ2) is 7.49. The first-order valence-corrected chi connectivity index (χ1v) is 9.19. The number of anilines is 1. The van der Waals surface area contributed by atoms with Crippen molar-refractivity contribution in [1.82, 2.24) is 4.90 Å². The van der Waals surface area contributed by atoms with Gasteiger partial charge in [-0.05, 0) is 62.1 Å². The summed E-state index contributed by atoms with van der Waals surface area (Å²) in [5.41, 5.74) is 4.43. The van der Waals surface area contributed by atoms with Gasteiger partial charge in [-0.3, -0.25) is 9.69 Å². The van der Waals surface area contributed by atoms with Gasteiger partial charge in [-0.25, -0.2) is 0 Å². The maximum atomic E-state index is 12.6. The highest BCUT2D eigenvalue weighted by molar-refractivity contribution is 9.10. The zero-order valence-electron chi connectivity index (χ0n) is 14.2. The average molecular weight is 387 g/mol. The van der Waals surface area contributed by atoms with E-state index < -0.39 is 0 Å². The standard InChI is InChI=1S/C20H23BrN2O/c1-14-6-3-7-15(2)20(14)22-19(24)13-23-11-5-10-18(23)16-8-4-9-17(21)12-16/h3-4,6-9,12,18H,5,10-11,13H2,1-2H3,(H,22,24). The summed E-state index contributed by atoms with van der Waals surface area (Å²) in [6.07, 6.45) is 2.24. The third-order valence-electron chi connectivity index (χ3n) is 4.69. The number of amides is 1. The zero-order chi connectivity index (χ0) is 17.1. The first kappa shape index (κ1) is 17.2. The Kier molecular flexibility index (Phi) is 5.36. The molecule has 3 rings (SSSR count). The van der Waals surface area contributed by atoms with Crippen LogP contribution in [-0.4, -0.2) is 23.9 Å². The second-order valence-corrected chi connectivity index (χ2v) is 7.41. The normalized spacial score (nSPS) is 17.9. The lowest BCUT2D eigenvalue weighted by Crippen LogP contribution is -2.33. The monoisotopic (exact) mass is 386 g/mol. The topological polar surface area (TPSA) is 32.3 Å². The maximum absolute atomic E-state index is 12.6. The fraction of sp³-hybridized carbons (Fsp3) is 0.350. The molecule has 24 heavy (non-hydrogen) atoms. The van der Waals surface area contributed by atoms with Crippen molar-refractivity contribution in [3.05, 3.63) is 63.6 Å². The molecule has 1 atom stereocenters. The molecule has 0 aliphatic carbocycles. The van der Waals surface area contributed by atoms with Crippen molar-refractivity contribution in [2.45, 2.75) is 32.7 Å². The summed E-state index contributed by atoms with van der Waals surface area (Å²) >= 11 is 3.54. The first-order chi connectivity index (χ1) is 11.5. The molecule has 2 aromatic carbocycles. The highest BCUT2D eigenvalue weighted by atomic mass is 79.9. The van der Waals surface area contributed by atoms with Crippen molar-refractivity contribution in [2.75, 3.05) is 18.4 Å². The SMILES string of the molecule is Cc1cccc(C)c1NC(=O)CN1CCCC1c1cccc(Br)c1. The van der Waals surface area contributed by atoms with E-state index in [-0.39, 0.29) is 5.91 Å². The van der Waals surface area contributed by atoms with Crippen LogP contribution in [0.1, 0.15) is 35.6 Å². The second-order valence-electron chi connectivity index (χ2n) is 6.50. The number of hydrogen-bond acceptors (Lipinski definition) is 2. The van der Waals surface area contributed by atoms with Crippen molar-refractivity contribution in [1.29, 1.82) is 0 Å². The Hall–Kier alpha value is -1.65. The third kappa shape index (κ3) is 3.87. The molecule has 0 bridgehead atoms. The van der Waals surface area contributed by atoms with E-state index in [0.29, 0.717) is 12.6 Å². The molecular formula is C20H23BrN2O. The minimum Gasteiger partial charge on any atom is -0.324 e. The number of carbonyl (C=O) groups is 1. The molecule has 0 spiro atoms. The van der Waals surface area contributed by atoms with E-state index in [1.165, 1.54) is 5.56 Å². The zero-order valence-corrected chi connectivity index (χ0v) is 15.8. The molecular weight excluding hydrogens is 364 g/mol. The van der Waals surface area contributed by atoms with Gasteiger partial charge in [0, 0.05) is 16.2 Å². The smallest absolute Gasteiger partial charge is 0.238 e. The molecule has 1 aliphatic rings. The number of benzene rings is 2. The molecule has 1 fully saturated rings.